The van der Waals surface area contributed by atoms with E-state index in [0.717, 1.165) is 5.56 Å². The fourth-order valence-corrected chi connectivity index (χ4v) is 5.91. The molecule has 236 valence electrons. The summed E-state index contributed by atoms with van der Waals surface area (Å²) in [4.78, 5) is 28.8. The number of halogens is 6. The van der Waals surface area contributed by atoms with Crippen molar-refractivity contribution in [2.45, 2.75) is 75.5 Å². The van der Waals surface area contributed by atoms with Crippen LogP contribution < -0.4 is 5.32 Å². The van der Waals surface area contributed by atoms with Crippen LogP contribution >= 0.6 is 0 Å². The zero-order chi connectivity index (χ0) is 31.5. The molecule has 0 bridgehead atoms. The molecule has 2 aromatic carbocycles. The van der Waals surface area contributed by atoms with Gasteiger partial charge in [0.2, 0.25) is 5.91 Å². The zero-order valence-electron chi connectivity index (χ0n) is 24.3. The van der Waals surface area contributed by atoms with Crippen LogP contribution in [0.5, 0.6) is 0 Å². The van der Waals surface area contributed by atoms with Gasteiger partial charge < -0.3 is 19.9 Å². The third-order valence-electron chi connectivity index (χ3n) is 8.36. The lowest BCUT2D eigenvalue weighted by Crippen LogP contribution is -2.49. The third kappa shape index (κ3) is 8.21. The maximum atomic E-state index is 13.6. The molecule has 1 saturated heterocycles. The Labute approximate surface area is 247 Å². The highest BCUT2D eigenvalue weighted by Gasteiger charge is 2.40. The van der Waals surface area contributed by atoms with Crippen molar-refractivity contribution in [1.29, 1.82) is 0 Å². The molecule has 43 heavy (non-hydrogen) atoms. The van der Waals surface area contributed by atoms with Crippen LogP contribution in [0.2, 0.25) is 0 Å². The van der Waals surface area contributed by atoms with Gasteiger partial charge in [0.05, 0.1) is 23.3 Å². The minimum absolute atomic E-state index is 0.00495. The van der Waals surface area contributed by atoms with Gasteiger partial charge in [0.25, 0.3) is 0 Å². The summed E-state index contributed by atoms with van der Waals surface area (Å²) >= 11 is 0. The van der Waals surface area contributed by atoms with Crippen molar-refractivity contribution >= 4 is 11.9 Å². The Kier molecular flexibility index (Phi) is 9.98. The number of likely N-dealkylation sites (tertiary alicyclic amines) is 1. The van der Waals surface area contributed by atoms with Gasteiger partial charge in [0, 0.05) is 45.1 Å². The van der Waals surface area contributed by atoms with Gasteiger partial charge in [-0.2, -0.15) is 26.3 Å². The molecule has 2 fully saturated rings. The second kappa shape index (κ2) is 13.2. The van der Waals surface area contributed by atoms with Gasteiger partial charge in [-0.15, -0.1) is 0 Å². The Balaban J connectivity index is 1.48. The fourth-order valence-electron chi connectivity index (χ4n) is 5.91. The summed E-state index contributed by atoms with van der Waals surface area (Å²) in [5.74, 6) is -0.506. The number of ether oxygens (including phenoxy) is 1. The van der Waals surface area contributed by atoms with E-state index in [0.29, 0.717) is 57.3 Å². The first-order valence-electron chi connectivity index (χ1n) is 14.4. The van der Waals surface area contributed by atoms with Crippen LogP contribution in [0.25, 0.3) is 0 Å². The molecule has 3 amide bonds. The van der Waals surface area contributed by atoms with Crippen LogP contribution in [-0.2, 0) is 21.9 Å². The highest BCUT2D eigenvalue weighted by atomic mass is 19.4. The molecule has 1 N–H and O–H groups in total. The van der Waals surface area contributed by atoms with Gasteiger partial charge in [-0.25, -0.2) is 4.79 Å². The average molecular weight is 614 g/mol. The van der Waals surface area contributed by atoms with Gasteiger partial charge >= 0.3 is 18.4 Å². The lowest BCUT2D eigenvalue weighted by atomic mass is 9.83. The summed E-state index contributed by atoms with van der Waals surface area (Å²) in [7, 11) is 3.34. The van der Waals surface area contributed by atoms with E-state index in [9.17, 15) is 35.9 Å². The van der Waals surface area contributed by atoms with Crippen molar-refractivity contribution in [3.05, 3.63) is 70.8 Å². The Morgan fingerprint density at radius 1 is 0.907 bits per heavy atom. The lowest BCUT2D eigenvalue weighted by Gasteiger charge is -2.42. The molecule has 2 aliphatic rings. The molecule has 4 rings (SSSR count). The Morgan fingerprint density at radius 3 is 2.02 bits per heavy atom. The van der Waals surface area contributed by atoms with Gasteiger partial charge in [-0.3, -0.25) is 4.79 Å². The van der Waals surface area contributed by atoms with E-state index in [2.05, 4.69) is 5.32 Å². The summed E-state index contributed by atoms with van der Waals surface area (Å²) in [6.45, 7) is 2.11. The normalized spacial score (nSPS) is 23.9. The smallest absolute Gasteiger partial charge is 0.370 e. The highest BCUT2D eigenvalue weighted by molar-refractivity contribution is 5.79. The third-order valence-corrected chi connectivity index (χ3v) is 8.36. The summed E-state index contributed by atoms with van der Waals surface area (Å²) in [6.07, 6.45) is -8.49. The molecule has 2 aromatic rings. The Bertz CT molecular complexity index is 1230. The van der Waals surface area contributed by atoms with Crippen molar-refractivity contribution in [2.24, 2.45) is 5.92 Å². The maximum Gasteiger partial charge on any atom is 0.416 e. The number of hydrogen-bond donors (Lipinski definition) is 1. The van der Waals surface area contributed by atoms with Crippen molar-refractivity contribution in [3.63, 3.8) is 0 Å². The number of nitrogens with one attached hydrogen (secondary N) is 1. The van der Waals surface area contributed by atoms with E-state index < -0.39 is 35.7 Å². The minimum Gasteiger partial charge on any atom is -0.370 e. The van der Waals surface area contributed by atoms with Gasteiger partial charge in [0.1, 0.15) is 0 Å². The predicted octanol–water partition coefficient (Wildman–Crippen LogP) is 7.02. The quantitative estimate of drug-likeness (QED) is 0.357. The topological polar surface area (TPSA) is 61.9 Å². The molecule has 1 heterocycles. The van der Waals surface area contributed by atoms with Crippen LogP contribution in [0.1, 0.15) is 73.3 Å². The second-order valence-electron chi connectivity index (χ2n) is 11.6. The van der Waals surface area contributed by atoms with Crippen molar-refractivity contribution in [2.75, 3.05) is 27.2 Å². The number of nitrogens with zero attached hydrogens (tertiary/aromatic N) is 2. The molecule has 6 nitrogen and oxygen atoms in total. The lowest BCUT2D eigenvalue weighted by molar-refractivity contribution is -0.143. The first kappa shape index (κ1) is 32.6. The zero-order valence-corrected chi connectivity index (χ0v) is 24.3. The summed E-state index contributed by atoms with van der Waals surface area (Å²) < 4.78 is 86.9. The number of benzene rings is 2. The van der Waals surface area contributed by atoms with Crippen LogP contribution in [0, 0.1) is 5.92 Å². The van der Waals surface area contributed by atoms with E-state index in [1.807, 2.05) is 30.3 Å². The molecular weight excluding hydrogens is 576 g/mol. The Morgan fingerprint density at radius 2 is 1.49 bits per heavy atom. The second-order valence-corrected chi connectivity index (χ2v) is 11.6. The van der Waals surface area contributed by atoms with Crippen LogP contribution in [0.3, 0.4) is 0 Å². The van der Waals surface area contributed by atoms with Crippen LogP contribution in [0.4, 0.5) is 31.1 Å². The first-order valence-corrected chi connectivity index (χ1v) is 14.4. The molecule has 1 aliphatic heterocycles. The molecule has 0 radical (unpaired) electrons. The molecule has 0 unspecified atom stereocenters. The number of carbonyl (C=O) groups is 2. The molecule has 1 aliphatic carbocycles. The number of rotatable bonds is 6. The number of piperidine rings is 1. The molecule has 0 spiro atoms. The monoisotopic (exact) mass is 613 g/mol. The largest absolute Gasteiger partial charge is 0.416 e. The molecule has 3 atom stereocenters. The number of hydrogen-bond acceptors (Lipinski definition) is 3. The van der Waals surface area contributed by atoms with E-state index >= 15 is 0 Å². The van der Waals surface area contributed by atoms with Crippen molar-refractivity contribution in [3.8, 4) is 0 Å². The molecule has 12 heteroatoms. The fraction of sp³-hybridized carbons (Fsp3) is 0.548. The number of urea groups is 1. The SMILES string of the molecule is C[C@@H](O[C@H]1CCN(C(=O)[C@H]2CC[C@H](NC(=O)N(C)C)CC2)C[C@H]1c1ccccc1)c1cc(C(F)(F)F)cc(C(F)(F)F)c1. The molecular formula is C31H37F6N3O3. The number of carbonyl (C=O) groups excluding carboxylic acids is 2. The van der Waals surface area contributed by atoms with E-state index in [1.165, 1.54) is 11.8 Å². The summed E-state index contributed by atoms with van der Waals surface area (Å²) in [5.41, 5.74) is -2.12. The van der Waals surface area contributed by atoms with Gasteiger partial charge in [-0.1, -0.05) is 30.3 Å². The number of alkyl halides is 6. The standard InChI is InChI=1S/C31H37F6N3O3/c1-19(22-15-23(30(32,33)34)17-24(16-22)31(35,36)37)43-27-13-14-40(18-26(27)20-7-5-4-6-8-20)28(41)21-9-11-25(12-10-21)38-29(42)39(2)3/h4-8,15-17,19,21,25-27H,9-14,18H2,1-3H3,(H,38,42)/t19-,21-,25-,26+,27+/m1/s1. The summed E-state index contributed by atoms with van der Waals surface area (Å²) in [5, 5.41) is 2.97. The van der Waals surface area contributed by atoms with Crippen molar-refractivity contribution in [1.82, 2.24) is 15.1 Å². The van der Waals surface area contributed by atoms with E-state index in [4.69, 9.17) is 4.74 Å². The first-order chi connectivity index (χ1) is 20.1. The minimum atomic E-state index is -4.95. The maximum absolute atomic E-state index is 13.6. The van der Waals surface area contributed by atoms with Crippen molar-refractivity contribution < 1.29 is 40.7 Å². The van der Waals surface area contributed by atoms with Gasteiger partial charge in [0.15, 0.2) is 0 Å². The van der Waals surface area contributed by atoms with E-state index in [1.54, 1.807) is 19.0 Å². The van der Waals surface area contributed by atoms with Crippen LogP contribution in [0.15, 0.2) is 48.5 Å². The molecule has 1 saturated carbocycles. The average Bonchev–Trinajstić information content (AvgIpc) is 2.96. The number of amides is 3. The Hall–Kier alpha value is -3.28. The summed E-state index contributed by atoms with van der Waals surface area (Å²) in [6, 6.07) is 10.6. The highest BCUT2D eigenvalue weighted by Crippen LogP contribution is 2.40. The van der Waals surface area contributed by atoms with Gasteiger partial charge in [-0.05, 0) is 68.4 Å². The van der Waals surface area contributed by atoms with E-state index in [-0.39, 0.29) is 41.4 Å². The molecule has 0 aromatic heterocycles. The van der Waals surface area contributed by atoms with Crippen LogP contribution in [-0.4, -0.2) is 61.1 Å². The predicted molar refractivity (Wildman–Crippen MR) is 148 cm³/mol.